The van der Waals surface area contributed by atoms with Gasteiger partial charge in [-0.3, -0.25) is 4.79 Å². The first kappa shape index (κ1) is 14.7. The van der Waals surface area contributed by atoms with E-state index in [1.807, 2.05) is 55.4 Å². The molecular formula is C16H19N3O2. The summed E-state index contributed by atoms with van der Waals surface area (Å²) >= 11 is 0. The van der Waals surface area contributed by atoms with Gasteiger partial charge in [0.2, 0.25) is 0 Å². The van der Waals surface area contributed by atoms with Crippen molar-refractivity contribution in [3.8, 4) is 5.75 Å². The highest BCUT2D eigenvalue weighted by molar-refractivity contribution is 5.92. The summed E-state index contributed by atoms with van der Waals surface area (Å²) in [4.78, 5) is 13.9. The monoisotopic (exact) mass is 285 g/mol. The number of para-hydroxylation sites is 2. The van der Waals surface area contributed by atoms with Gasteiger partial charge in [-0.25, -0.2) is 0 Å². The maximum atomic E-state index is 11.9. The van der Waals surface area contributed by atoms with E-state index in [9.17, 15) is 4.79 Å². The molecule has 0 heterocycles. The summed E-state index contributed by atoms with van der Waals surface area (Å²) in [5.41, 5.74) is 8.01. The molecule has 21 heavy (non-hydrogen) atoms. The normalized spacial score (nSPS) is 10.0. The number of hydrogen-bond donors (Lipinski definition) is 2. The van der Waals surface area contributed by atoms with Gasteiger partial charge in [0.05, 0.1) is 5.69 Å². The van der Waals surface area contributed by atoms with E-state index in [2.05, 4.69) is 5.32 Å². The molecule has 5 nitrogen and oxygen atoms in total. The van der Waals surface area contributed by atoms with Crippen LogP contribution in [-0.4, -0.2) is 26.6 Å². The fourth-order valence-electron chi connectivity index (χ4n) is 1.81. The highest BCUT2D eigenvalue weighted by atomic mass is 16.5. The van der Waals surface area contributed by atoms with Crippen LogP contribution < -0.4 is 20.7 Å². The van der Waals surface area contributed by atoms with Gasteiger partial charge in [-0.2, -0.15) is 0 Å². The summed E-state index contributed by atoms with van der Waals surface area (Å²) in [5.74, 6) is 0.281. The maximum Gasteiger partial charge on any atom is 0.262 e. The molecule has 0 bridgehead atoms. The molecule has 0 radical (unpaired) electrons. The van der Waals surface area contributed by atoms with Crippen molar-refractivity contribution < 1.29 is 9.53 Å². The van der Waals surface area contributed by atoms with Crippen LogP contribution in [0, 0.1) is 0 Å². The largest absolute Gasteiger partial charge is 0.482 e. The number of ether oxygens (including phenoxy) is 1. The predicted octanol–water partition coefficient (Wildman–Crippen LogP) is 2.35. The van der Waals surface area contributed by atoms with Crippen LogP contribution in [0.3, 0.4) is 0 Å². The molecule has 2 rings (SSSR count). The van der Waals surface area contributed by atoms with Gasteiger partial charge in [-0.1, -0.05) is 18.2 Å². The average Bonchev–Trinajstić information content (AvgIpc) is 2.46. The second-order valence-corrected chi connectivity index (χ2v) is 4.82. The van der Waals surface area contributed by atoms with Gasteiger partial charge >= 0.3 is 0 Å². The zero-order valence-corrected chi connectivity index (χ0v) is 12.2. The van der Waals surface area contributed by atoms with E-state index in [1.165, 1.54) is 0 Å². The van der Waals surface area contributed by atoms with Gasteiger partial charge in [0.1, 0.15) is 5.75 Å². The highest BCUT2D eigenvalue weighted by Crippen LogP contribution is 2.20. The Labute approximate surface area is 124 Å². The molecule has 3 N–H and O–H groups in total. The molecule has 1 amide bonds. The third-order valence-corrected chi connectivity index (χ3v) is 2.92. The summed E-state index contributed by atoms with van der Waals surface area (Å²) in [6.45, 7) is -0.0829. The number of nitrogens with two attached hydrogens (primary N) is 1. The zero-order chi connectivity index (χ0) is 15.2. The Bertz CT molecular complexity index is 626. The smallest absolute Gasteiger partial charge is 0.262 e. The van der Waals surface area contributed by atoms with Crippen molar-refractivity contribution >= 4 is 23.0 Å². The fourth-order valence-corrected chi connectivity index (χ4v) is 1.81. The summed E-state index contributed by atoms with van der Waals surface area (Å²) < 4.78 is 5.40. The molecular weight excluding hydrogens is 266 g/mol. The molecule has 0 saturated carbocycles. The van der Waals surface area contributed by atoms with Gasteiger partial charge in [0.25, 0.3) is 5.91 Å². The number of carbonyl (C=O) groups is 1. The third kappa shape index (κ3) is 4.14. The van der Waals surface area contributed by atoms with Crippen molar-refractivity contribution in [3.05, 3.63) is 48.5 Å². The van der Waals surface area contributed by atoms with Crippen molar-refractivity contribution in [1.29, 1.82) is 0 Å². The Hall–Kier alpha value is -2.69. The Morgan fingerprint density at radius 3 is 2.67 bits per heavy atom. The molecule has 2 aromatic rings. The Kier molecular flexibility index (Phi) is 4.66. The number of anilines is 3. The Morgan fingerprint density at radius 1 is 1.19 bits per heavy atom. The lowest BCUT2D eigenvalue weighted by atomic mass is 10.2. The second kappa shape index (κ2) is 6.65. The van der Waals surface area contributed by atoms with Gasteiger partial charge in [-0.15, -0.1) is 0 Å². The van der Waals surface area contributed by atoms with Crippen LogP contribution in [0.25, 0.3) is 0 Å². The number of hydrogen-bond acceptors (Lipinski definition) is 4. The molecule has 2 aromatic carbocycles. The molecule has 0 spiro atoms. The molecule has 0 atom stereocenters. The minimum absolute atomic E-state index is 0.0829. The Balaban J connectivity index is 1.93. The number of amides is 1. The van der Waals surface area contributed by atoms with E-state index < -0.39 is 0 Å². The van der Waals surface area contributed by atoms with Crippen molar-refractivity contribution in [2.45, 2.75) is 0 Å². The van der Waals surface area contributed by atoms with Crippen LogP contribution in [0.5, 0.6) is 5.75 Å². The fraction of sp³-hybridized carbons (Fsp3) is 0.188. The molecule has 0 aliphatic rings. The number of nitrogens with zero attached hydrogens (tertiary/aromatic N) is 1. The molecule has 0 aromatic heterocycles. The van der Waals surface area contributed by atoms with E-state index in [1.54, 1.807) is 12.1 Å². The van der Waals surface area contributed by atoms with Crippen LogP contribution >= 0.6 is 0 Å². The highest BCUT2D eigenvalue weighted by Gasteiger charge is 2.06. The van der Waals surface area contributed by atoms with Gasteiger partial charge in [-0.05, 0) is 30.3 Å². The quantitative estimate of drug-likeness (QED) is 0.828. The van der Waals surface area contributed by atoms with Crippen LogP contribution in [0.15, 0.2) is 48.5 Å². The lowest BCUT2D eigenvalue weighted by molar-refractivity contribution is -0.118. The molecule has 5 heteroatoms. The number of nitrogens with one attached hydrogen (secondary N) is 1. The molecule has 0 aliphatic heterocycles. The van der Waals surface area contributed by atoms with E-state index >= 15 is 0 Å². The molecule has 0 saturated heterocycles. The van der Waals surface area contributed by atoms with Crippen LogP contribution in [0.2, 0.25) is 0 Å². The first-order valence-electron chi connectivity index (χ1n) is 6.61. The lowest BCUT2D eigenvalue weighted by Gasteiger charge is -2.14. The average molecular weight is 285 g/mol. The van der Waals surface area contributed by atoms with Crippen LogP contribution in [0.1, 0.15) is 0 Å². The molecule has 0 aliphatic carbocycles. The van der Waals surface area contributed by atoms with Crippen molar-refractivity contribution in [2.75, 3.05) is 36.7 Å². The first-order chi connectivity index (χ1) is 10.1. The zero-order valence-electron chi connectivity index (χ0n) is 12.2. The van der Waals surface area contributed by atoms with Gasteiger partial charge in [0, 0.05) is 25.5 Å². The van der Waals surface area contributed by atoms with E-state index in [-0.39, 0.29) is 12.5 Å². The Morgan fingerprint density at radius 2 is 1.95 bits per heavy atom. The van der Waals surface area contributed by atoms with Crippen LogP contribution in [0.4, 0.5) is 17.1 Å². The third-order valence-electron chi connectivity index (χ3n) is 2.92. The van der Waals surface area contributed by atoms with Gasteiger partial charge in [0.15, 0.2) is 6.61 Å². The predicted molar refractivity (Wildman–Crippen MR) is 85.7 cm³/mol. The minimum Gasteiger partial charge on any atom is -0.482 e. The summed E-state index contributed by atoms with van der Waals surface area (Å²) in [6, 6.07) is 14.7. The van der Waals surface area contributed by atoms with Crippen LogP contribution in [-0.2, 0) is 4.79 Å². The summed E-state index contributed by atoms with van der Waals surface area (Å²) in [5, 5.41) is 2.80. The first-order valence-corrected chi connectivity index (χ1v) is 6.61. The standard InChI is InChI=1S/C16H19N3O2/c1-19(2)13-7-5-6-12(10-13)18-16(20)11-21-15-9-4-3-8-14(15)17/h3-10H,11,17H2,1-2H3,(H,18,20). The van der Waals surface area contributed by atoms with E-state index in [0.717, 1.165) is 11.4 Å². The van der Waals surface area contributed by atoms with Gasteiger partial charge < -0.3 is 20.7 Å². The van der Waals surface area contributed by atoms with Crippen molar-refractivity contribution in [1.82, 2.24) is 0 Å². The molecule has 0 fully saturated rings. The maximum absolute atomic E-state index is 11.9. The molecule has 110 valence electrons. The molecule has 0 unspecified atom stereocenters. The second-order valence-electron chi connectivity index (χ2n) is 4.82. The summed E-state index contributed by atoms with van der Waals surface area (Å²) in [7, 11) is 3.89. The topological polar surface area (TPSA) is 67.6 Å². The van der Waals surface area contributed by atoms with E-state index in [0.29, 0.717) is 11.4 Å². The summed E-state index contributed by atoms with van der Waals surface area (Å²) in [6.07, 6.45) is 0. The minimum atomic E-state index is -0.228. The number of carbonyl (C=O) groups excluding carboxylic acids is 1. The van der Waals surface area contributed by atoms with E-state index in [4.69, 9.17) is 10.5 Å². The lowest BCUT2D eigenvalue weighted by Crippen LogP contribution is -2.20. The number of rotatable bonds is 5. The SMILES string of the molecule is CN(C)c1cccc(NC(=O)COc2ccccc2N)c1. The van der Waals surface area contributed by atoms with Crippen molar-refractivity contribution in [3.63, 3.8) is 0 Å². The number of nitrogen functional groups attached to an aromatic ring is 1. The number of benzene rings is 2. The van der Waals surface area contributed by atoms with Crippen molar-refractivity contribution in [2.24, 2.45) is 0 Å².